The SMILES string of the molecule is O=C(NCc1ccncc1)Nc1cccc2[nH]c(=O)[nH]c12. The lowest BCUT2D eigenvalue weighted by molar-refractivity contribution is 0.252. The van der Waals surface area contributed by atoms with Gasteiger partial charge in [-0.05, 0) is 29.8 Å². The largest absolute Gasteiger partial charge is 0.334 e. The highest BCUT2D eigenvalue weighted by Gasteiger charge is 2.07. The summed E-state index contributed by atoms with van der Waals surface area (Å²) >= 11 is 0. The fourth-order valence-corrected chi connectivity index (χ4v) is 2.01. The van der Waals surface area contributed by atoms with Crippen molar-refractivity contribution in [3.8, 4) is 0 Å². The predicted octanol–water partition coefficient (Wildman–Crippen LogP) is 1.57. The van der Waals surface area contributed by atoms with Crippen molar-refractivity contribution in [2.75, 3.05) is 5.32 Å². The van der Waals surface area contributed by atoms with Gasteiger partial charge >= 0.3 is 11.7 Å². The lowest BCUT2D eigenvalue weighted by Gasteiger charge is -2.08. The van der Waals surface area contributed by atoms with Crippen LogP contribution < -0.4 is 16.3 Å². The van der Waals surface area contributed by atoms with E-state index in [1.165, 1.54) is 0 Å². The number of carbonyl (C=O) groups excluding carboxylic acids is 1. The first-order valence-electron chi connectivity index (χ1n) is 6.37. The molecule has 0 bridgehead atoms. The maximum Gasteiger partial charge on any atom is 0.323 e. The van der Waals surface area contributed by atoms with Crippen molar-refractivity contribution in [2.45, 2.75) is 6.54 Å². The van der Waals surface area contributed by atoms with Crippen LogP contribution >= 0.6 is 0 Å². The fraction of sp³-hybridized carbons (Fsp3) is 0.0714. The highest BCUT2D eigenvalue weighted by Crippen LogP contribution is 2.18. The summed E-state index contributed by atoms with van der Waals surface area (Å²) in [6.07, 6.45) is 3.33. The van der Waals surface area contributed by atoms with Gasteiger partial charge in [0.15, 0.2) is 0 Å². The van der Waals surface area contributed by atoms with Crippen molar-refractivity contribution in [2.24, 2.45) is 0 Å². The first kappa shape index (κ1) is 12.9. The Kier molecular flexibility index (Phi) is 3.38. The Morgan fingerprint density at radius 2 is 1.95 bits per heavy atom. The van der Waals surface area contributed by atoms with Gasteiger partial charge in [0.05, 0.1) is 16.7 Å². The number of fused-ring (bicyclic) bond motifs is 1. The van der Waals surface area contributed by atoms with Gasteiger partial charge in [-0.1, -0.05) is 6.07 Å². The Bertz CT molecular complexity index is 822. The third kappa shape index (κ3) is 2.92. The van der Waals surface area contributed by atoms with Gasteiger partial charge in [0.1, 0.15) is 0 Å². The van der Waals surface area contributed by atoms with Gasteiger partial charge in [-0.2, -0.15) is 0 Å². The number of anilines is 1. The van der Waals surface area contributed by atoms with E-state index in [2.05, 4.69) is 25.6 Å². The third-order valence-electron chi connectivity index (χ3n) is 3.00. The molecule has 0 radical (unpaired) electrons. The first-order valence-corrected chi connectivity index (χ1v) is 6.37. The minimum Gasteiger partial charge on any atom is -0.334 e. The molecule has 3 aromatic rings. The molecule has 2 amide bonds. The smallest absolute Gasteiger partial charge is 0.323 e. The molecule has 0 atom stereocenters. The van der Waals surface area contributed by atoms with Crippen molar-refractivity contribution >= 4 is 22.8 Å². The molecule has 0 aliphatic heterocycles. The van der Waals surface area contributed by atoms with Gasteiger partial charge in [-0.3, -0.25) is 4.98 Å². The molecule has 7 heteroatoms. The van der Waals surface area contributed by atoms with Crippen LogP contribution in [0.4, 0.5) is 10.5 Å². The molecule has 1 aromatic carbocycles. The number of benzene rings is 1. The van der Waals surface area contributed by atoms with Crippen molar-refractivity contribution in [1.29, 1.82) is 0 Å². The summed E-state index contributed by atoms with van der Waals surface area (Å²) in [7, 11) is 0. The van der Waals surface area contributed by atoms with Gasteiger partial charge in [-0.15, -0.1) is 0 Å². The van der Waals surface area contributed by atoms with Crippen molar-refractivity contribution in [3.05, 3.63) is 58.8 Å². The Hall–Kier alpha value is -3.09. The maximum absolute atomic E-state index is 11.9. The number of carbonyl (C=O) groups is 1. The topological polar surface area (TPSA) is 103 Å². The molecule has 4 N–H and O–H groups in total. The summed E-state index contributed by atoms with van der Waals surface area (Å²) in [6, 6.07) is 8.53. The molecule has 0 spiro atoms. The summed E-state index contributed by atoms with van der Waals surface area (Å²) < 4.78 is 0. The lowest BCUT2D eigenvalue weighted by atomic mass is 10.2. The summed E-state index contributed by atoms with van der Waals surface area (Å²) in [4.78, 5) is 32.4. The van der Waals surface area contributed by atoms with Crippen LogP contribution in [0.5, 0.6) is 0 Å². The normalized spacial score (nSPS) is 10.5. The van der Waals surface area contributed by atoms with E-state index < -0.39 is 0 Å². The van der Waals surface area contributed by atoms with Crippen LogP contribution in [-0.4, -0.2) is 21.0 Å². The van der Waals surface area contributed by atoms with Crippen LogP contribution in [-0.2, 0) is 6.54 Å². The zero-order valence-electron chi connectivity index (χ0n) is 11.0. The van der Waals surface area contributed by atoms with E-state index in [4.69, 9.17) is 0 Å². The molecule has 2 heterocycles. The lowest BCUT2D eigenvalue weighted by Crippen LogP contribution is -2.28. The predicted molar refractivity (Wildman–Crippen MR) is 79.0 cm³/mol. The van der Waals surface area contributed by atoms with E-state index >= 15 is 0 Å². The molecular weight excluding hydrogens is 270 g/mol. The van der Waals surface area contributed by atoms with Crippen molar-refractivity contribution < 1.29 is 4.79 Å². The Morgan fingerprint density at radius 3 is 2.76 bits per heavy atom. The Balaban J connectivity index is 1.70. The Morgan fingerprint density at radius 1 is 1.14 bits per heavy atom. The molecular formula is C14H13N5O2. The van der Waals surface area contributed by atoms with E-state index in [1.54, 1.807) is 30.6 Å². The monoisotopic (exact) mass is 283 g/mol. The second-order valence-electron chi connectivity index (χ2n) is 4.47. The summed E-state index contributed by atoms with van der Waals surface area (Å²) in [5.41, 5.74) is 2.40. The molecule has 0 fully saturated rings. The molecule has 0 aliphatic rings. The second-order valence-corrected chi connectivity index (χ2v) is 4.47. The van der Waals surface area contributed by atoms with Crippen LogP contribution in [0.3, 0.4) is 0 Å². The number of rotatable bonds is 3. The quantitative estimate of drug-likeness (QED) is 0.586. The van der Waals surface area contributed by atoms with E-state index in [-0.39, 0.29) is 11.7 Å². The maximum atomic E-state index is 11.9. The van der Waals surface area contributed by atoms with Gasteiger partial charge in [0.2, 0.25) is 0 Å². The first-order chi connectivity index (χ1) is 10.2. The van der Waals surface area contributed by atoms with E-state index in [9.17, 15) is 9.59 Å². The van der Waals surface area contributed by atoms with Crippen LogP contribution in [0.25, 0.3) is 11.0 Å². The van der Waals surface area contributed by atoms with Gasteiger partial charge < -0.3 is 20.6 Å². The standard InChI is InChI=1S/C14H13N5O2/c20-13(16-8-9-4-6-15-7-5-9)17-10-2-1-3-11-12(10)19-14(21)18-11/h1-7H,8H2,(H2,16,17,20)(H2,18,19,21). The number of pyridine rings is 1. The van der Waals surface area contributed by atoms with Gasteiger partial charge in [-0.25, -0.2) is 9.59 Å². The molecule has 106 valence electrons. The van der Waals surface area contributed by atoms with Crippen LogP contribution in [0.15, 0.2) is 47.5 Å². The number of nitrogens with one attached hydrogen (secondary N) is 4. The number of amides is 2. The van der Waals surface area contributed by atoms with E-state index in [0.717, 1.165) is 5.56 Å². The number of urea groups is 1. The number of nitrogens with zero attached hydrogens (tertiary/aromatic N) is 1. The molecule has 2 aromatic heterocycles. The molecule has 0 aliphatic carbocycles. The third-order valence-corrected chi connectivity index (χ3v) is 3.00. The number of imidazole rings is 1. The highest BCUT2D eigenvalue weighted by molar-refractivity contribution is 5.98. The van der Waals surface area contributed by atoms with Crippen molar-refractivity contribution in [3.63, 3.8) is 0 Å². The second kappa shape index (κ2) is 5.49. The molecule has 21 heavy (non-hydrogen) atoms. The van der Waals surface area contributed by atoms with Gasteiger partial charge in [0.25, 0.3) is 0 Å². The molecule has 0 saturated carbocycles. The average molecular weight is 283 g/mol. The number of aromatic amines is 2. The van der Waals surface area contributed by atoms with E-state index in [0.29, 0.717) is 23.3 Å². The average Bonchev–Trinajstić information content (AvgIpc) is 2.88. The minimum absolute atomic E-state index is 0.309. The van der Waals surface area contributed by atoms with Crippen LogP contribution in [0.2, 0.25) is 0 Å². The van der Waals surface area contributed by atoms with Crippen LogP contribution in [0, 0.1) is 0 Å². The van der Waals surface area contributed by atoms with Crippen LogP contribution in [0.1, 0.15) is 5.56 Å². The highest BCUT2D eigenvalue weighted by atomic mass is 16.2. The van der Waals surface area contributed by atoms with E-state index in [1.807, 2.05) is 12.1 Å². The number of H-pyrrole nitrogens is 2. The summed E-state index contributed by atoms with van der Waals surface area (Å²) in [5.74, 6) is 0. The summed E-state index contributed by atoms with van der Waals surface area (Å²) in [6.45, 7) is 0.397. The van der Waals surface area contributed by atoms with Crippen molar-refractivity contribution in [1.82, 2.24) is 20.3 Å². The zero-order chi connectivity index (χ0) is 14.7. The zero-order valence-corrected chi connectivity index (χ0v) is 11.0. The van der Waals surface area contributed by atoms with Gasteiger partial charge in [0, 0.05) is 18.9 Å². The number of aromatic nitrogens is 3. The fourth-order valence-electron chi connectivity index (χ4n) is 2.01. The molecule has 3 rings (SSSR count). The number of para-hydroxylation sites is 1. The minimum atomic E-state index is -0.346. The molecule has 0 saturated heterocycles. The number of hydrogen-bond acceptors (Lipinski definition) is 3. The molecule has 0 unspecified atom stereocenters. The molecule has 7 nitrogen and oxygen atoms in total. The summed E-state index contributed by atoms with van der Waals surface area (Å²) in [5, 5.41) is 5.45. The number of hydrogen-bond donors (Lipinski definition) is 4. The Labute approximate surface area is 119 Å².